The predicted molar refractivity (Wildman–Crippen MR) is 128 cm³/mol. The average Bonchev–Trinajstić information content (AvgIpc) is 2.88. The Morgan fingerprint density at radius 3 is 1.88 bits per heavy atom. The Kier molecular flexibility index (Phi) is 6.82. The first-order chi connectivity index (χ1) is 16.0. The van der Waals surface area contributed by atoms with Gasteiger partial charge in [0.1, 0.15) is 0 Å². The molecule has 3 aromatic carbocycles. The zero-order valence-corrected chi connectivity index (χ0v) is 18.8. The Hall–Kier alpha value is -3.55. The molecule has 1 heterocycles. The molecule has 1 aliphatic rings. The first kappa shape index (κ1) is 22.6. The van der Waals surface area contributed by atoms with Crippen LogP contribution in [-0.4, -0.2) is 55.5 Å². The fourth-order valence-electron chi connectivity index (χ4n) is 3.74. The SMILES string of the molecule is O=C(c1ccccc1)c1ccccc1C(=O)N1CCN(S(=O)(=O)/C=C/c2ccccc2)CC1. The van der Waals surface area contributed by atoms with Gasteiger partial charge >= 0.3 is 0 Å². The number of rotatable bonds is 6. The average molecular weight is 461 g/mol. The molecule has 6 nitrogen and oxygen atoms in total. The number of ketones is 1. The van der Waals surface area contributed by atoms with Gasteiger partial charge in [-0.15, -0.1) is 0 Å². The summed E-state index contributed by atoms with van der Waals surface area (Å²) in [5.74, 6) is -0.487. The Morgan fingerprint density at radius 1 is 0.697 bits per heavy atom. The van der Waals surface area contributed by atoms with E-state index in [0.717, 1.165) is 5.56 Å². The highest BCUT2D eigenvalue weighted by atomic mass is 32.2. The van der Waals surface area contributed by atoms with Gasteiger partial charge < -0.3 is 4.90 Å². The number of sulfonamides is 1. The molecule has 0 saturated carbocycles. The lowest BCUT2D eigenvalue weighted by atomic mass is 9.97. The smallest absolute Gasteiger partial charge is 0.254 e. The van der Waals surface area contributed by atoms with Crippen molar-refractivity contribution in [2.24, 2.45) is 0 Å². The Bertz CT molecular complexity index is 1260. The van der Waals surface area contributed by atoms with Crippen LogP contribution in [0.15, 0.2) is 90.3 Å². The van der Waals surface area contributed by atoms with Crippen LogP contribution in [0, 0.1) is 0 Å². The quantitative estimate of drug-likeness (QED) is 0.526. The van der Waals surface area contributed by atoms with Crippen molar-refractivity contribution >= 4 is 27.8 Å². The summed E-state index contributed by atoms with van der Waals surface area (Å²) in [6, 6.07) is 24.8. The van der Waals surface area contributed by atoms with Gasteiger partial charge in [0.05, 0.1) is 5.56 Å². The third kappa shape index (κ3) is 5.27. The molecule has 0 aliphatic carbocycles. The molecule has 0 radical (unpaired) electrons. The first-order valence-corrected chi connectivity index (χ1v) is 12.2. The molecule has 168 valence electrons. The molecule has 0 aromatic heterocycles. The summed E-state index contributed by atoms with van der Waals surface area (Å²) >= 11 is 0. The van der Waals surface area contributed by atoms with Gasteiger partial charge in [0, 0.05) is 42.7 Å². The van der Waals surface area contributed by atoms with E-state index in [4.69, 9.17) is 0 Å². The van der Waals surface area contributed by atoms with Crippen LogP contribution < -0.4 is 0 Å². The van der Waals surface area contributed by atoms with Crippen molar-refractivity contribution in [1.82, 2.24) is 9.21 Å². The third-order valence-corrected chi connectivity index (χ3v) is 7.12. The molecule has 1 saturated heterocycles. The molecule has 0 N–H and O–H groups in total. The second kappa shape index (κ2) is 9.94. The molecule has 7 heteroatoms. The highest BCUT2D eigenvalue weighted by Crippen LogP contribution is 2.19. The second-order valence-corrected chi connectivity index (χ2v) is 9.51. The fraction of sp³-hybridized carbons (Fsp3) is 0.154. The van der Waals surface area contributed by atoms with Crippen LogP contribution in [0.25, 0.3) is 6.08 Å². The Morgan fingerprint density at radius 2 is 1.24 bits per heavy atom. The van der Waals surface area contributed by atoms with E-state index in [-0.39, 0.29) is 37.9 Å². The molecule has 1 fully saturated rings. The van der Waals surface area contributed by atoms with E-state index in [1.54, 1.807) is 59.5 Å². The molecule has 33 heavy (non-hydrogen) atoms. The van der Waals surface area contributed by atoms with Gasteiger partial charge in [-0.05, 0) is 17.7 Å². The molecule has 1 amide bonds. The number of hydrogen-bond donors (Lipinski definition) is 0. The zero-order valence-electron chi connectivity index (χ0n) is 18.0. The molecule has 0 unspecified atom stereocenters. The fourth-order valence-corrected chi connectivity index (χ4v) is 4.92. The summed E-state index contributed by atoms with van der Waals surface area (Å²) in [5.41, 5.74) is 1.98. The minimum Gasteiger partial charge on any atom is -0.336 e. The van der Waals surface area contributed by atoms with Crippen molar-refractivity contribution in [2.45, 2.75) is 0 Å². The van der Waals surface area contributed by atoms with Crippen molar-refractivity contribution in [1.29, 1.82) is 0 Å². The Balaban J connectivity index is 1.45. The van der Waals surface area contributed by atoms with Gasteiger partial charge in [0.15, 0.2) is 5.78 Å². The van der Waals surface area contributed by atoms with Crippen LogP contribution in [0.1, 0.15) is 31.8 Å². The van der Waals surface area contributed by atoms with Crippen LogP contribution in [-0.2, 0) is 10.0 Å². The number of amides is 1. The van der Waals surface area contributed by atoms with E-state index in [1.165, 1.54) is 9.71 Å². The number of benzene rings is 3. The molecular weight excluding hydrogens is 436 g/mol. The lowest BCUT2D eigenvalue weighted by Gasteiger charge is -2.33. The molecule has 4 rings (SSSR count). The highest BCUT2D eigenvalue weighted by molar-refractivity contribution is 7.92. The minimum atomic E-state index is -3.59. The van der Waals surface area contributed by atoms with Crippen molar-refractivity contribution < 1.29 is 18.0 Å². The summed E-state index contributed by atoms with van der Waals surface area (Å²) < 4.78 is 26.8. The second-order valence-electron chi connectivity index (χ2n) is 7.69. The zero-order chi connectivity index (χ0) is 23.3. The number of nitrogens with zero attached hydrogens (tertiary/aromatic N) is 2. The number of piperazine rings is 1. The summed E-state index contributed by atoms with van der Waals surface area (Å²) in [4.78, 5) is 27.8. The molecule has 3 aromatic rings. The van der Waals surface area contributed by atoms with E-state index in [2.05, 4.69) is 0 Å². The summed E-state index contributed by atoms with van der Waals surface area (Å²) in [6.45, 7) is 0.903. The lowest BCUT2D eigenvalue weighted by Crippen LogP contribution is -2.50. The van der Waals surface area contributed by atoms with E-state index < -0.39 is 10.0 Å². The van der Waals surface area contributed by atoms with Crippen molar-refractivity contribution in [3.05, 3.63) is 113 Å². The van der Waals surface area contributed by atoms with Crippen LogP contribution in [0.3, 0.4) is 0 Å². The van der Waals surface area contributed by atoms with Gasteiger partial charge in [-0.1, -0.05) is 78.9 Å². The maximum Gasteiger partial charge on any atom is 0.254 e. The summed E-state index contributed by atoms with van der Waals surface area (Å²) in [7, 11) is -3.59. The minimum absolute atomic E-state index is 0.196. The molecule has 0 spiro atoms. The molecule has 0 bridgehead atoms. The van der Waals surface area contributed by atoms with Crippen molar-refractivity contribution in [2.75, 3.05) is 26.2 Å². The molecule has 1 aliphatic heterocycles. The standard InChI is InChI=1S/C26H24N2O4S/c29-25(22-11-5-2-6-12-22)23-13-7-8-14-24(23)26(30)27-16-18-28(19-17-27)33(31,32)20-15-21-9-3-1-4-10-21/h1-15,20H,16-19H2/b20-15+. The topological polar surface area (TPSA) is 74.8 Å². The first-order valence-electron chi connectivity index (χ1n) is 10.7. The molecule has 0 atom stereocenters. The summed E-state index contributed by atoms with van der Waals surface area (Å²) in [5, 5.41) is 1.20. The monoisotopic (exact) mass is 460 g/mol. The number of carbonyl (C=O) groups is 2. The largest absolute Gasteiger partial charge is 0.336 e. The van der Waals surface area contributed by atoms with Gasteiger partial charge in [-0.3, -0.25) is 9.59 Å². The highest BCUT2D eigenvalue weighted by Gasteiger charge is 2.29. The van der Waals surface area contributed by atoms with E-state index in [0.29, 0.717) is 16.7 Å². The lowest BCUT2D eigenvalue weighted by molar-refractivity contribution is 0.0695. The third-order valence-electron chi connectivity index (χ3n) is 5.56. The maximum absolute atomic E-state index is 13.2. The van der Waals surface area contributed by atoms with Gasteiger partial charge in [0.25, 0.3) is 5.91 Å². The summed E-state index contributed by atoms with van der Waals surface area (Å²) in [6.07, 6.45) is 1.57. The van der Waals surface area contributed by atoms with Crippen molar-refractivity contribution in [3.8, 4) is 0 Å². The van der Waals surface area contributed by atoms with Gasteiger partial charge in [0.2, 0.25) is 10.0 Å². The van der Waals surface area contributed by atoms with Crippen molar-refractivity contribution in [3.63, 3.8) is 0 Å². The van der Waals surface area contributed by atoms with E-state index >= 15 is 0 Å². The molecular formula is C26H24N2O4S. The predicted octanol–water partition coefficient (Wildman–Crippen LogP) is 3.68. The maximum atomic E-state index is 13.2. The number of carbonyl (C=O) groups excluding carboxylic acids is 2. The van der Waals surface area contributed by atoms with Crippen LogP contribution in [0.5, 0.6) is 0 Å². The normalized spacial score (nSPS) is 15.0. The van der Waals surface area contributed by atoms with Crippen LogP contribution in [0.4, 0.5) is 0 Å². The van der Waals surface area contributed by atoms with E-state index in [1.807, 2.05) is 36.4 Å². The Labute approximate surface area is 193 Å². The van der Waals surface area contributed by atoms with Gasteiger partial charge in [-0.25, -0.2) is 8.42 Å². The van der Waals surface area contributed by atoms with E-state index in [9.17, 15) is 18.0 Å². The number of hydrogen-bond acceptors (Lipinski definition) is 4. The van der Waals surface area contributed by atoms with Gasteiger partial charge in [-0.2, -0.15) is 4.31 Å². The van der Waals surface area contributed by atoms with Crippen LogP contribution >= 0.6 is 0 Å². The van der Waals surface area contributed by atoms with Crippen LogP contribution in [0.2, 0.25) is 0 Å².